The van der Waals surface area contributed by atoms with Crippen LogP contribution in [-0.2, 0) is 0 Å². The molecule has 0 spiro atoms. The second-order valence-electron chi connectivity index (χ2n) is 4.16. The number of imidazole rings is 1. The fourth-order valence-corrected chi connectivity index (χ4v) is 2.38. The minimum Gasteiger partial charge on any atom is -0.315 e. The molecular weight excluding hydrogens is 257 g/mol. The van der Waals surface area contributed by atoms with Crippen LogP contribution in [0.25, 0.3) is 5.69 Å². The summed E-state index contributed by atoms with van der Waals surface area (Å²) in [5.74, 6) is 0.530. The van der Waals surface area contributed by atoms with Gasteiger partial charge >= 0.3 is 0 Å². The highest BCUT2D eigenvalue weighted by atomic mass is 35.5. The van der Waals surface area contributed by atoms with Crippen LogP contribution in [0.15, 0.2) is 30.7 Å². The predicted molar refractivity (Wildman–Crippen MR) is 69.2 cm³/mol. The summed E-state index contributed by atoms with van der Waals surface area (Å²) in [6, 6.07) is 5.46. The Bertz CT molecular complexity index is 546. The number of hydrogen-bond acceptors (Lipinski definition) is 2. The molecule has 2 aromatic rings. The molecule has 3 rings (SSSR count). The van der Waals surface area contributed by atoms with Gasteiger partial charge in [0, 0.05) is 30.2 Å². The lowest BCUT2D eigenvalue weighted by atomic mass is 10.0. The minimum absolute atomic E-state index is 0.530. The van der Waals surface area contributed by atoms with Crippen molar-refractivity contribution in [2.75, 3.05) is 13.1 Å². The molecule has 17 heavy (non-hydrogen) atoms. The molecule has 0 aliphatic carbocycles. The van der Waals surface area contributed by atoms with Crippen LogP contribution < -0.4 is 5.32 Å². The Kier molecular flexibility index (Phi) is 2.82. The van der Waals surface area contributed by atoms with Crippen LogP contribution in [0.5, 0.6) is 0 Å². The molecule has 0 unspecified atom stereocenters. The third-order valence-corrected chi connectivity index (χ3v) is 3.53. The van der Waals surface area contributed by atoms with E-state index in [1.165, 1.54) is 0 Å². The molecule has 0 bridgehead atoms. The topological polar surface area (TPSA) is 29.9 Å². The van der Waals surface area contributed by atoms with Gasteiger partial charge in [0.15, 0.2) is 0 Å². The summed E-state index contributed by atoms with van der Waals surface area (Å²) in [6.07, 6.45) is 3.82. The first-order valence-electron chi connectivity index (χ1n) is 5.44. The zero-order valence-electron chi connectivity index (χ0n) is 9.03. The summed E-state index contributed by atoms with van der Waals surface area (Å²) < 4.78 is 1.94. The normalized spacial score (nSPS) is 15.9. The van der Waals surface area contributed by atoms with Gasteiger partial charge in [0.1, 0.15) is 0 Å². The van der Waals surface area contributed by atoms with E-state index in [2.05, 4.69) is 10.3 Å². The van der Waals surface area contributed by atoms with Gasteiger partial charge < -0.3 is 9.88 Å². The van der Waals surface area contributed by atoms with Crippen molar-refractivity contribution in [3.63, 3.8) is 0 Å². The van der Waals surface area contributed by atoms with E-state index in [1.54, 1.807) is 12.4 Å². The molecule has 88 valence electrons. The van der Waals surface area contributed by atoms with Gasteiger partial charge in [-0.25, -0.2) is 4.98 Å². The lowest BCUT2D eigenvalue weighted by Gasteiger charge is -2.25. The minimum atomic E-state index is 0.530. The summed E-state index contributed by atoms with van der Waals surface area (Å²) in [5.41, 5.74) is 2.01. The number of nitrogens with one attached hydrogen (secondary N) is 1. The van der Waals surface area contributed by atoms with Gasteiger partial charge in [-0.3, -0.25) is 0 Å². The fraction of sp³-hybridized carbons (Fsp3) is 0.250. The molecule has 3 nitrogen and oxygen atoms in total. The quantitative estimate of drug-likeness (QED) is 0.907. The van der Waals surface area contributed by atoms with Gasteiger partial charge in [-0.05, 0) is 18.2 Å². The van der Waals surface area contributed by atoms with Gasteiger partial charge in [0.05, 0.1) is 22.7 Å². The van der Waals surface area contributed by atoms with E-state index in [-0.39, 0.29) is 0 Å². The zero-order valence-corrected chi connectivity index (χ0v) is 10.5. The monoisotopic (exact) mass is 267 g/mol. The lowest BCUT2D eigenvalue weighted by Crippen LogP contribution is -2.40. The summed E-state index contributed by atoms with van der Waals surface area (Å²) in [4.78, 5) is 4.41. The molecule has 0 radical (unpaired) electrons. The van der Waals surface area contributed by atoms with Crippen molar-refractivity contribution in [2.24, 2.45) is 0 Å². The molecular formula is C12H11Cl2N3. The maximum atomic E-state index is 6.16. The van der Waals surface area contributed by atoms with Crippen LogP contribution >= 0.6 is 23.2 Å². The zero-order chi connectivity index (χ0) is 11.8. The Morgan fingerprint density at radius 2 is 2.12 bits per heavy atom. The van der Waals surface area contributed by atoms with E-state index >= 15 is 0 Å². The average molecular weight is 268 g/mol. The summed E-state index contributed by atoms with van der Waals surface area (Å²) in [5, 5.41) is 4.51. The van der Waals surface area contributed by atoms with Crippen LogP contribution in [0, 0.1) is 0 Å². The third kappa shape index (κ3) is 2.06. The molecule has 1 fully saturated rings. The van der Waals surface area contributed by atoms with Crippen molar-refractivity contribution >= 4 is 23.2 Å². The standard InChI is InChI=1S/C12H11Cl2N3/c13-9-1-2-12(10(14)3-9)17-6-11(16-7-17)8-4-15-5-8/h1-3,6-8,15H,4-5H2. The molecule has 1 N–H and O–H groups in total. The Labute approximate surface area is 109 Å². The summed E-state index contributed by atoms with van der Waals surface area (Å²) in [6.45, 7) is 2.01. The first-order chi connectivity index (χ1) is 8.24. The Balaban J connectivity index is 1.94. The molecule has 1 aliphatic heterocycles. The molecule has 1 aliphatic rings. The highest BCUT2D eigenvalue weighted by Gasteiger charge is 2.21. The number of benzene rings is 1. The van der Waals surface area contributed by atoms with Gasteiger partial charge in [-0.2, -0.15) is 0 Å². The summed E-state index contributed by atoms with van der Waals surface area (Å²) in [7, 11) is 0. The molecule has 2 heterocycles. The van der Waals surface area contributed by atoms with Crippen molar-refractivity contribution in [3.05, 3.63) is 46.5 Å². The van der Waals surface area contributed by atoms with Crippen LogP contribution in [0.3, 0.4) is 0 Å². The second kappa shape index (κ2) is 4.33. The molecule has 0 atom stereocenters. The average Bonchev–Trinajstić information content (AvgIpc) is 2.64. The number of rotatable bonds is 2. The first-order valence-corrected chi connectivity index (χ1v) is 6.19. The van der Waals surface area contributed by atoms with E-state index in [0.29, 0.717) is 16.0 Å². The SMILES string of the molecule is Clc1ccc(-n2cnc(C3CNC3)c2)c(Cl)c1. The van der Waals surface area contributed by atoms with Crippen LogP contribution in [0.2, 0.25) is 10.0 Å². The Morgan fingerprint density at radius 1 is 1.29 bits per heavy atom. The summed E-state index contributed by atoms with van der Waals surface area (Å²) >= 11 is 12.0. The predicted octanol–water partition coefficient (Wildman–Crippen LogP) is 2.87. The van der Waals surface area contributed by atoms with Crippen LogP contribution in [0.1, 0.15) is 11.6 Å². The van der Waals surface area contributed by atoms with Crippen molar-refractivity contribution in [1.29, 1.82) is 0 Å². The number of hydrogen-bond donors (Lipinski definition) is 1. The molecule has 5 heteroatoms. The van der Waals surface area contributed by atoms with Crippen LogP contribution in [-0.4, -0.2) is 22.6 Å². The third-order valence-electron chi connectivity index (χ3n) is 2.99. The lowest BCUT2D eigenvalue weighted by molar-refractivity contribution is 0.441. The van der Waals surface area contributed by atoms with Crippen molar-refractivity contribution < 1.29 is 0 Å². The van der Waals surface area contributed by atoms with Crippen LogP contribution in [0.4, 0.5) is 0 Å². The molecule has 1 saturated heterocycles. The van der Waals surface area contributed by atoms with E-state index in [0.717, 1.165) is 24.5 Å². The van der Waals surface area contributed by atoms with E-state index < -0.39 is 0 Å². The molecule has 0 saturated carbocycles. The second-order valence-corrected chi connectivity index (χ2v) is 5.00. The number of aromatic nitrogens is 2. The highest BCUT2D eigenvalue weighted by molar-refractivity contribution is 6.35. The van der Waals surface area contributed by atoms with Gasteiger partial charge in [-0.15, -0.1) is 0 Å². The molecule has 1 aromatic carbocycles. The van der Waals surface area contributed by atoms with E-state index in [9.17, 15) is 0 Å². The number of halogens is 2. The largest absolute Gasteiger partial charge is 0.315 e. The van der Waals surface area contributed by atoms with E-state index in [1.807, 2.05) is 22.9 Å². The van der Waals surface area contributed by atoms with Gasteiger partial charge in [-0.1, -0.05) is 23.2 Å². The molecule has 1 aromatic heterocycles. The Hall–Kier alpha value is -1.03. The van der Waals surface area contributed by atoms with Crippen molar-refractivity contribution in [3.8, 4) is 5.69 Å². The smallest absolute Gasteiger partial charge is 0.0995 e. The van der Waals surface area contributed by atoms with Gasteiger partial charge in [0.2, 0.25) is 0 Å². The van der Waals surface area contributed by atoms with E-state index in [4.69, 9.17) is 23.2 Å². The first kappa shape index (κ1) is 11.1. The maximum absolute atomic E-state index is 6.16. The van der Waals surface area contributed by atoms with Crippen molar-refractivity contribution in [2.45, 2.75) is 5.92 Å². The highest BCUT2D eigenvalue weighted by Crippen LogP contribution is 2.26. The number of nitrogens with zero attached hydrogens (tertiary/aromatic N) is 2. The van der Waals surface area contributed by atoms with Crippen molar-refractivity contribution in [1.82, 2.24) is 14.9 Å². The maximum Gasteiger partial charge on any atom is 0.0995 e. The molecule has 0 amide bonds. The van der Waals surface area contributed by atoms with Gasteiger partial charge in [0.25, 0.3) is 0 Å². The Morgan fingerprint density at radius 3 is 2.76 bits per heavy atom. The fourth-order valence-electron chi connectivity index (χ4n) is 1.87.